The van der Waals surface area contributed by atoms with Crippen molar-refractivity contribution in [2.24, 2.45) is 0 Å². The van der Waals surface area contributed by atoms with Gasteiger partial charge in [-0.15, -0.1) is 0 Å². The van der Waals surface area contributed by atoms with E-state index in [-0.39, 0.29) is 31.4 Å². The van der Waals surface area contributed by atoms with Gasteiger partial charge < -0.3 is 24.8 Å². The van der Waals surface area contributed by atoms with Crippen molar-refractivity contribution in [3.05, 3.63) is 0 Å². The molecule has 8 heteroatoms. The number of ether oxygens (including phenoxy) is 2. The zero-order valence-corrected chi connectivity index (χ0v) is 12.2. The SMILES string of the molecule is CCOC(=O)CCCNC(=O)N1CCOC(CC(=O)O)C1. The molecule has 1 aliphatic heterocycles. The monoisotopic (exact) mass is 302 g/mol. The number of nitrogens with one attached hydrogen (secondary N) is 1. The molecule has 1 rings (SSSR count). The minimum Gasteiger partial charge on any atom is -0.481 e. The number of hydrogen-bond donors (Lipinski definition) is 2. The van der Waals surface area contributed by atoms with Crippen LogP contribution < -0.4 is 5.32 Å². The highest BCUT2D eigenvalue weighted by Gasteiger charge is 2.25. The maximum Gasteiger partial charge on any atom is 0.317 e. The zero-order chi connectivity index (χ0) is 15.7. The Bertz CT molecular complexity index is 374. The van der Waals surface area contributed by atoms with E-state index in [0.29, 0.717) is 32.7 Å². The third-order valence-electron chi connectivity index (χ3n) is 2.97. The van der Waals surface area contributed by atoms with Crippen molar-refractivity contribution in [1.29, 1.82) is 0 Å². The van der Waals surface area contributed by atoms with Crippen LogP contribution in [0.25, 0.3) is 0 Å². The number of rotatable bonds is 7. The second-order valence-electron chi connectivity index (χ2n) is 4.68. The topological polar surface area (TPSA) is 105 Å². The molecule has 1 unspecified atom stereocenters. The average molecular weight is 302 g/mol. The van der Waals surface area contributed by atoms with Gasteiger partial charge >= 0.3 is 18.0 Å². The highest BCUT2D eigenvalue weighted by molar-refractivity contribution is 5.74. The quantitative estimate of drug-likeness (QED) is 0.514. The molecule has 0 bridgehead atoms. The first kappa shape index (κ1) is 17.2. The fourth-order valence-electron chi connectivity index (χ4n) is 2.00. The Hall–Kier alpha value is -1.83. The number of carboxylic acids is 1. The minimum atomic E-state index is -0.948. The maximum atomic E-state index is 11.9. The molecule has 1 aliphatic rings. The molecule has 0 radical (unpaired) electrons. The number of esters is 1. The minimum absolute atomic E-state index is 0.118. The van der Waals surface area contributed by atoms with Crippen molar-refractivity contribution in [3.63, 3.8) is 0 Å². The fourth-order valence-corrected chi connectivity index (χ4v) is 2.00. The molecule has 0 saturated carbocycles. The van der Waals surface area contributed by atoms with Crippen molar-refractivity contribution in [1.82, 2.24) is 10.2 Å². The number of aliphatic carboxylic acids is 1. The van der Waals surface area contributed by atoms with Crippen molar-refractivity contribution in [2.75, 3.05) is 32.8 Å². The highest BCUT2D eigenvalue weighted by atomic mass is 16.5. The molecule has 0 aromatic carbocycles. The number of amides is 2. The van der Waals surface area contributed by atoms with Crippen LogP contribution in [0.1, 0.15) is 26.2 Å². The van der Waals surface area contributed by atoms with Gasteiger partial charge in [0.25, 0.3) is 0 Å². The third-order valence-corrected chi connectivity index (χ3v) is 2.97. The summed E-state index contributed by atoms with van der Waals surface area (Å²) in [6, 6.07) is -0.266. The van der Waals surface area contributed by atoms with E-state index >= 15 is 0 Å². The molecule has 0 spiro atoms. The summed E-state index contributed by atoms with van der Waals surface area (Å²) in [5, 5.41) is 11.4. The molecule has 1 fully saturated rings. The zero-order valence-electron chi connectivity index (χ0n) is 12.2. The van der Waals surface area contributed by atoms with E-state index < -0.39 is 12.1 Å². The summed E-state index contributed by atoms with van der Waals surface area (Å²) in [4.78, 5) is 35.2. The summed E-state index contributed by atoms with van der Waals surface area (Å²) < 4.78 is 10.1. The summed E-state index contributed by atoms with van der Waals surface area (Å²) in [5.41, 5.74) is 0. The highest BCUT2D eigenvalue weighted by Crippen LogP contribution is 2.08. The number of morpholine rings is 1. The first-order valence-corrected chi connectivity index (χ1v) is 7.04. The van der Waals surface area contributed by atoms with Crippen molar-refractivity contribution < 1.29 is 29.0 Å². The molecule has 0 aromatic rings. The lowest BCUT2D eigenvalue weighted by molar-refractivity contribution is -0.143. The van der Waals surface area contributed by atoms with Gasteiger partial charge in [0.2, 0.25) is 0 Å². The molecule has 21 heavy (non-hydrogen) atoms. The molecule has 1 saturated heterocycles. The van der Waals surface area contributed by atoms with Crippen LogP contribution in [0.4, 0.5) is 4.79 Å². The van der Waals surface area contributed by atoms with E-state index in [9.17, 15) is 14.4 Å². The molecular formula is C13H22N2O6. The molecular weight excluding hydrogens is 280 g/mol. The smallest absolute Gasteiger partial charge is 0.317 e. The van der Waals surface area contributed by atoms with Crippen LogP contribution in [0, 0.1) is 0 Å². The summed E-state index contributed by atoms with van der Waals surface area (Å²) in [5.74, 6) is -1.23. The van der Waals surface area contributed by atoms with E-state index in [1.54, 1.807) is 6.92 Å². The van der Waals surface area contributed by atoms with Crippen LogP contribution in [0.5, 0.6) is 0 Å². The maximum absolute atomic E-state index is 11.9. The first-order valence-electron chi connectivity index (χ1n) is 7.04. The molecule has 8 nitrogen and oxygen atoms in total. The van der Waals surface area contributed by atoms with Crippen LogP contribution in [0.2, 0.25) is 0 Å². The number of urea groups is 1. The number of carbonyl (C=O) groups excluding carboxylic acids is 2. The van der Waals surface area contributed by atoms with Crippen LogP contribution in [-0.4, -0.2) is 66.9 Å². The lowest BCUT2D eigenvalue weighted by Gasteiger charge is -2.32. The molecule has 1 heterocycles. The van der Waals surface area contributed by atoms with E-state index in [2.05, 4.69) is 5.32 Å². The molecule has 120 valence electrons. The Morgan fingerprint density at radius 3 is 2.86 bits per heavy atom. The summed E-state index contributed by atoms with van der Waals surface area (Å²) in [7, 11) is 0. The van der Waals surface area contributed by atoms with E-state index in [4.69, 9.17) is 14.6 Å². The lowest BCUT2D eigenvalue weighted by atomic mass is 10.2. The lowest BCUT2D eigenvalue weighted by Crippen LogP contribution is -2.50. The Labute approximate surface area is 123 Å². The van der Waals surface area contributed by atoms with E-state index in [1.165, 1.54) is 4.90 Å². The molecule has 2 N–H and O–H groups in total. The normalized spacial score (nSPS) is 18.1. The molecule has 1 atom stereocenters. The van der Waals surface area contributed by atoms with Crippen LogP contribution in [-0.2, 0) is 19.1 Å². The predicted octanol–water partition coefficient (Wildman–Crippen LogP) is 0.215. The number of nitrogens with zero attached hydrogens (tertiary/aromatic N) is 1. The van der Waals surface area contributed by atoms with Crippen LogP contribution in [0.3, 0.4) is 0 Å². The number of carbonyl (C=O) groups is 3. The van der Waals surface area contributed by atoms with Gasteiger partial charge in [0.05, 0.1) is 25.7 Å². The Morgan fingerprint density at radius 1 is 1.43 bits per heavy atom. The molecule has 2 amide bonds. The van der Waals surface area contributed by atoms with Gasteiger partial charge in [-0.1, -0.05) is 0 Å². The van der Waals surface area contributed by atoms with E-state index in [1.807, 2.05) is 0 Å². The standard InChI is InChI=1S/C13H22N2O6/c1-2-20-12(18)4-3-5-14-13(19)15-6-7-21-10(9-15)8-11(16)17/h10H,2-9H2,1H3,(H,14,19)(H,16,17). The Morgan fingerprint density at radius 2 is 2.19 bits per heavy atom. The summed E-state index contributed by atoms with van der Waals surface area (Å²) >= 11 is 0. The van der Waals surface area contributed by atoms with Gasteiger partial charge in [-0.2, -0.15) is 0 Å². The summed E-state index contributed by atoms with van der Waals surface area (Å²) in [6.07, 6.45) is 0.181. The number of carboxylic acid groups (broad SMARTS) is 1. The van der Waals surface area contributed by atoms with Gasteiger partial charge in [-0.05, 0) is 13.3 Å². The van der Waals surface area contributed by atoms with Crippen LogP contribution >= 0.6 is 0 Å². The van der Waals surface area contributed by atoms with Gasteiger partial charge in [0.1, 0.15) is 0 Å². The Kier molecular flexibility index (Phi) is 7.52. The number of hydrogen-bond acceptors (Lipinski definition) is 5. The molecule has 0 aliphatic carbocycles. The fraction of sp³-hybridized carbons (Fsp3) is 0.769. The van der Waals surface area contributed by atoms with Gasteiger partial charge in [-0.3, -0.25) is 9.59 Å². The molecule has 0 aromatic heterocycles. The van der Waals surface area contributed by atoms with Crippen molar-refractivity contribution in [2.45, 2.75) is 32.3 Å². The van der Waals surface area contributed by atoms with Gasteiger partial charge in [-0.25, -0.2) is 4.79 Å². The van der Waals surface area contributed by atoms with E-state index in [0.717, 1.165) is 0 Å². The van der Waals surface area contributed by atoms with Crippen molar-refractivity contribution in [3.8, 4) is 0 Å². The van der Waals surface area contributed by atoms with Gasteiger partial charge in [0, 0.05) is 26.1 Å². The third kappa shape index (κ3) is 6.94. The first-order chi connectivity index (χ1) is 10.0. The largest absolute Gasteiger partial charge is 0.481 e. The Balaban J connectivity index is 2.22. The van der Waals surface area contributed by atoms with Crippen molar-refractivity contribution >= 4 is 18.0 Å². The van der Waals surface area contributed by atoms with Crippen LogP contribution in [0.15, 0.2) is 0 Å². The average Bonchev–Trinajstić information content (AvgIpc) is 2.43. The predicted molar refractivity (Wildman–Crippen MR) is 72.8 cm³/mol. The second kappa shape index (κ2) is 9.17. The second-order valence-corrected chi connectivity index (χ2v) is 4.68. The summed E-state index contributed by atoms with van der Waals surface area (Å²) in [6.45, 7) is 3.48. The van der Waals surface area contributed by atoms with Gasteiger partial charge in [0.15, 0.2) is 0 Å².